The van der Waals surface area contributed by atoms with Crippen LogP contribution in [0.25, 0.3) is 0 Å². The minimum absolute atomic E-state index is 0.0217. The summed E-state index contributed by atoms with van der Waals surface area (Å²) in [6, 6.07) is 9.51. The summed E-state index contributed by atoms with van der Waals surface area (Å²) in [5.41, 5.74) is 0.940. The van der Waals surface area contributed by atoms with Gasteiger partial charge in [-0.05, 0) is 31.3 Å². The van der Waals surface area contributed by atoms with Crippen LogP contribution in [0.15, 0.2) is 30.3 Å². The van der Waals surface area contributed by atoms with Crippen LogP contribution in [0.2, 0.25) is 0 Å². The Balaban J connectivity index is 2.02. The van der Waals surface area contributed by atoms with Crippen molar-refractivity contribution in [2.45, 2.75) is 13.0 Å². The van der Waals surface area contributed by atoms with Gasteiger partial charge >= 0.3 is 0 Å². The number of hydrogen-bond acceptors (Lipinski definition) is 2. The molecule has 4 nitrogen and oxygen atoms in total. The highest BCUT2D eigenvalue weighted by atomic mass is 32.1. The van der Waals surface area contributed by atoms with E-state index in [4.69, 9.17) is 12.2 Å². The van der Waals surface area contributed by atoms with Gasteiger partial charge in [0.2, 0.25) is 5.91 Å². The molecule has 1 amide bonds. The molecule has 2 rings (SSSR count). The third-order valence-corrected chi connectivity index (χ3v) is 3.12. The average molecular weight is 249 g/mol. The lowest BCUT2D eigenvalue weighted by atomic mass is 10.2. The summed E-state index contributed by atoms with van der Waals surface area (Å²) in [5.74, 6) is 0.0217. The Bertz CT molecular complexity index is 421. The fourth-order valence-corrected chi connectivity index (χ4v) is 2.14. The molecule has 5 heteroatoms. The van der Waals surface area contributed by atoms with Gasteiger partial charge in [0, 0.05) is 18.8 Å². The molecule has 0 aromatic heterocycles. The fraction of sp³-hybridized carbons (Fsp3) is 0.333. The smallest absolute Gasteiger partial charge is 0.242 e. The molecule has 17 heavy (non-hydrogen) atoms. The van der Waals surface area contributed by atoms with Gasteiger partial charge in [-0.1, -0.05) is 18.2 Å². The van der Waals surface area contributed by atoms with Gasteiger partial charge < -0.3 is 15.5 Å². The summed E-state index contributed by atoms with van der Waals surface area (Å²) in [4.78, 5) is 13.4. The van der Waals surface area contributed by atoms with E-state index in [0.29, 0.717) is 11.7 Å². The van der Waals surface area contributed by atoms with E-state index in [1.54, 1.807) is 0 Å². The third kappa shape index (κ3) is 2.74. The molecular formula is C12H15N3OS. The van der Waals surface area contributed by atoms with Gasteiger partial charge in [0.1, 0.15) is 6.04 Å². The van der Waals surface area contributed by atoms with Crippen molar-refractivity contribution in [2.75, 3.05) is 18.4 Å². The second-order valence-corrected chi connectivity index (χ2v) is 4.34. The first-order chi connectivity index (χ1) is 8.18. The minimum Gasteiger partial charge on any atom is -0.353 e. The number of hydrogen-bond donors (Lipinski definition) is 2. The number of carbonyl (C=O) groups excluding carboxylic acids is 1. The topological polar surface area (TPSA) is 44.4 Å². The summed E-state index contributed by atoms with van der Waals surface area (Å²) in [6.07, 6.45) is 0. The summed E-state index contributed by atoms with van der Waals surface area (Å²) in [7, 11) is 0. The van der Waals surface area contributed by atoms with E-state index in [9.17, 15) is 4.79 Å². The number of carbonyl (C=O) groups is 1. The van der Waals surface area contributed by atoms with Crippen LogP contribution in [0.4, 0.5) is 5.69 Å². The lowest BCUT2D eigenvalue weighted by Crippen LogP contribution is -2.56. The molecule has 1 aromatic carbocycles. The quantitative estimate of drug-likeness (QED) is 0.734. The van der Waals surface area contributed by atoms with Crippen LogP contribution >= 0.6 is 12.2 Å². The molecule has 0 spiro atoms. The monoisotopic (exact) mass is 249 g/mol. The molecule has 1 aliphatic rings. The van der Waals surface area contributed by atoms with Crippen molar-refractivity contribution in [1.82, 2.24) is 10.2 Å². The van der Waals surface area contributed by atoms with E-state index in [0.717, 1.165) is 12.2 Å². The molecule has 90 valence electrons. The van der Waals surface area contributed by atoms with E-state index in [2.05, 4.69) is 10.6 Å². The highest BCUT2D eigenvalue weighted by Gasteiger charge is 2.27. The first-order valence-electron chi connectivity index (χ1n) is 5.59. The molecule has 0 saturated carbocycles. The molecule has 0 aliphatic carbocycles. The number of thiocarbonyl (C=S) groups is 1. The lowest BCUT2D eigenvalue weighted by molar-refractivity contribution is -0.126. The fourth-order valence-electron chi connectivity index (χ4n) is 1.78. The number of anilines is 1. The van der Waals surface area contributed by atoms with Crippen molar-refractivity contribution in [3.63, 3.8) is 0 Å². The van der Waals surface area contributed by atoms with Gasteiger partial charge in [-0.2, -0.15) is 0 Å². The Morgan fingerprint density at radius 1 is 1.47 bits per heavy atom. The maximum atomic E-state index is 11.5. The van der Waals surface area contributed by atoms with Crippen LogP contribution < -0.4 is 10.6 Å². The molecular weight excluding hydrogens is 234 g/mol. The molecule has 1 fully saturated rings. The number of para-hydroxylation sites is 1. The number of amides is 1. The number of piperazine rings is 1. The largest absolute Gasteiger partial charge is 0.353 e. The predicted octanol–water partition coefficient (Wildman–Crippen LogP) is 1.20. The molecule has 2 N–H and O–H groups in total. The second kappa shape index (κ2) is 5.14. The zero-order chi connectivity index (χ0) is 12.3. The van der Waals surface area contributed by atoms with Crippen LogP contribution in [0.3, 0.4) is 0 Å². The molecule has 1 unspecified atom stereocenters. The van der Waals surface area contributed by atoms with E-state index >= 15 is 0 Å². The van der Waals surface area contributed by atoms with Crippen LogP contribution in [-0.2, 0) is 4.79 Å². The van der Waals surface area contributed by atoms with E-state index in [1.807, 2.05) is 42.2 Å². The van der Waals surface area contributed by atoms with Gasteiger partial charge in [0.05, 0.1) is 0 Å². The number of nitrogens with one attached hydrogen (secondary N) is 2. The predicted molar refractivity (Wildman–Crippen MR) is 71.8 cm³/mol. The van der Waals surface area contributed by atoms with Gasteiger partial charge in [-0.15, -0.1) is 0 Å². The first kappa shape index (κ1) is 11.9. The molecule has 1 atom stereocenters. The zero-order valence-corrected chi connectivity index (χ0v) is 10.5. The number of benzene rings is 1. The lowest BCUT2D eigenvalue weighted by Gasteiger charge is -2.34. The standard InChI is InChI=1S/C12H15N3OS/c1-9-11(16)13-7-8-15(9)12(17)14-10-5-3-2-4-6-10/h2-6,9H,7-8H2,1H3,(H,13,16)(H,14,17). The van der Waals surface area contributed by atoms with Gasteiger partial charge in [0.15, 0.2) is 5.11 Å². The highest BCUT2D eigenvalue weighted by Crippen LogP contribution is 2.10. The van der Waals surface area contributed by atoms with Gasteiger partial charge in [-0.3, -0.25) is 4.79 Å². The summed E-state index contributed by atoms with van der Waals surface area (Å²) >= 11 is 5.32. The molecule has 0 bridgehead atoms. The average Bonchev–Trinajstić information content (AvgIpc) is 2.34. The Labute approximate surface area is 106 Å². The van der Waals surface area contributed by atoms with Crippen LogP contribution in [-0.4, -0.2) is 35.1 Å². The maximum absolute atomic E-state index is 11.5. The van der Waals surface area contributed by atoms with E-state index in [-0.39, 0.29) is 11.9 Å². The van der Waals surface area contributed by atoms with Gasteiger partial charge in [-0.25, -0.2) is 0 Å². The molecule has 1 heterocycles. The maximum Gasteiger partial charge on any atom is 0.242 e. The zero-order valence-electron chi connectivity index (χ0n) is 9.64. The molecule has 1 aromatic rings. The molecule has 0 radical (unpaired) electrons. The van der Waals surface area contributed by atoms with E-state index in [1.165, 1.54) is 0 Å². The molecule has 1 aliphatic heterocycles. The highest BCUT2D eigenvalue weighted by molar-refractivity contribution is 7.80. The third-order valence-electron chi connectivity index (χ3n) is 2.78. The van der Waals surface area contributed by atoms with Crippen molar-refractivity contribution in [3.8, 4) is 0 Å². The Hall–Kier alpha value is -1.62. The Morgan fingerprint density at radius 2 is 2.18 bits per heavy atom. The Morgan fingerprint density at radius 3 is 2.88 bits per heavy atom. The number of nitrogens with zero attached hydrogens (tertiary/aromatic N) is 1. The van der Waals surface area contributed by atoms with Crippen LogP contribution in [0, 0.1) is 0 Å². The van der Waals surface area contributed by atoms with Crippen molar-refractivity contribution < 1.29 is 4.79 Å². The summed E-state index contributed by atoms with van der Waals surface area (Å²) < 4.78 is 0. The summed E-state index contributed by atoms with van der Waals surface area (Å²) in [6.45, 7) is 3.23. The van der Waals surface area contributed by atoms with Gasteiger partial charge in [0.25, 0.3) is 0 Å². The van der Waals surface area contributed by atoms with Crippen molar-refractivity contribution in [2.24, 2.45) is 0 Å². The first-order valence-corrected chi connectivity index (χ1v) is 5.99. The van der Waals surface area contributed by atoms with Crippen molar-refractivity contribution >= 4 is 28.9 Å². The minimum atomic E-state index is -0.215. The van der Waals surface area contributed by atoms with Crippen LogP contribution in [0.5, 0.6) is 0 Å². The van der Waals surface area contributed by atoms with E-state index < -0.39 is 0 Å². The number of rotatable bonds is 1. The Kier molecular flexibility index (Phi) is 3.58. The van der Waals surface area contributed by atoms with Crippen molar-refractivity contribution in [1.29, 1.82) is 0 Å². The van der Waals surface area contributed by atoms with Crippen LogP contribution in [0.1, 0.15) is 6.92 Å². The van der Waals surface area contributed by atoms with Crippen molar-refractivity contribution in [3.05, 3.63) is 30.3 Å². The SMILES string of the molecule is CC1C(=O)NCCN1C(=S)Nc1ccccc1. The molecule has 1 saturated heterocycles. The summed E-state index contributed by atoms with van der Waals surface area (Å²) in [5, 5.41) is 6.55. The normalized spacial score (nSPS) is 19.7. The second-order valence-electron chi connectivity index (χ2n) is 3.96.